The van der Waals surface area contributed by atoms with Gasteiger partial charge >= 0.3 is 5.97 Å². The lowest BCUT2D eigenvalue weighted by Crippen LogP contribution is -2.42. The van der Waals surface area contributed by atoms with E-state index in [1.54, 1.807) is 24.3 Å². The third kappa shape index (κ3) is 3.60. The fraction of sp³-hybridized carbons (Fsp3) is 0.350. The minimum atomic E-state index is -1.16. The Morgan fingerprint density at radius 3 is 2.08 bits per heavy atom. The molecule has 1 unspecified atom stereocenters. The lowest BCUT2D eigenvalue weighted by atomic mass is 9.73. The van der Waals surface area contributed by atoms with Crippen LogP contribution in [0.1, 0.15) is 43.6 Å². The van der Waals surface area contributed by atoms with Crippen LogP contribution in [0, 0.1) is 0 Å². The van der Waals surface area contributed by atoms with Gasteiger partial charge in [0.25, 0.3) is 0 Å². The first-order valence-electron chi connectivity index (χ1n) is 8.36. The highest BCUT2D eigenvalue weighted by Crippen LogP contribution is 2.40. The summed E-state index contributed by atoms with van der Waals surface area (Å²) in [6, 6.07) is 16.4. The van der Waals surface area contributed by atoms with E-state index in [9.17, 15) is 15.0 Å². The Morgan fingerprint density at radius 2 is 1.50 bits per heavy atom. The van der Waals surface area contributed by atoms with Crippen LogP contribution in [0.2, 0.25) is 0 Å². The van der Waals surface area contributed by atoms with Gasteiger partial charge in [0, 0.05) is 0 Å². The largest absolute Gasteiger partial charge is 0.481 e. The first-order chi connectivity index (χ1) is 11.6. The Kier molecular flexibility index (Phi) is 4.86. The topological polar surface area (TPSA) is 66.8 Å². The second kappa shape index (κ2) is 7.05. The van der Waals surface area contributed by atoms with Crippen LogP contribution in [0.4, 0.5) is 0 Å². The third-order valence-corrected chi connectivity index (χ3v) is 4.70. The Balaban J connectivity index is 1.80. The number of aliphatic carboxylic acids is 1. The summed E-state index contributed by atoms with van der Waals surface area (Å²) in [6.07, 6.45) is 3.86. The van der Waals surface area contributed by atoms with E-state index in [1.807, 2.05) is 30.3 Å². The average molecular weight is 326 g/mol. The molecule has 0 bridgehead atoms. The summed E-state index contributed by atoms with van der Waals surface area (Å²) in [6.45, 7) is 0. The van der Waals surface area contributed by atoms with Gasteiger partial charge in [-0.25, -0.2) is 0 Å². The van der Waals surface area contributed by atoms with Crippen LogP contribution in [0.15, 0.2) is 54.6 Å². The zero-order chi connectivity index (χ0) is 17.0. The monoisotopic (exact) mass is 326 g/mol. The molecule has 1 saturated carbocycles. The SMILES string of the molecule is O=C(O)C(c1ccc(Oc2ccccc2)cc1)C1(O)CCCCC1. The quantitative estimate of drug-likeness (QED) is 0.857. The van der Waals surface area contributed by atoms with Gasteiger partial charge < -0.3 is 14.9 Å². The predicted molar refractivity (Wildman–Crippen MR) is 91.4 cm³/mol. The first kappa shape index (κ1) is 16.5. The number of benzene rings is 2. The van der Waals surface area contributed by atoms with Gasteiger partial charge in [0.05, 0.1) is 5.60 Å². The van der Waals surface area contributed by atoms with Crippen LogP contribution in [-0.4, -0.2) is 21.8 Å². The fourth-order valence-corrected chi connectivity index (χ4v) is 3.49. The summed E-state index contributed by atoms with van der Waals surface area (Å²) in [7, 11) is 0. The van der Waals surface area contributed by atoms with Crippen molar-refractivity contribution in [1.29, 1.82) is 0 Å². The van der Waals surface area contributed by atoms with Gasteiger partial charge in [-0.3, -0.25) is 4.79 Å². The average Bonchev–Trinajstić information content (AvgIpc) is 2.58. The maximum atomic E-state index is 11.8. The summed E-state index contributed by atoms with van der Waals surface area (Å²) in [5.41, 5.74) is -0.543. The van der Waals surface area contributed by atoms with Crippen molar-refractivity contribution in [2.24, 2.45) is 0 Å². The highest BCUT2D eigenvalue weighted by atomic mass is 16.5. The number of carbonyl (C=O) groups is 1. The van der Waals surface area contributed by atoms with Crippen molar-refractivity contribution >= 4 is 5.97 Å². The zero-order valence-corrected chi connectivity index (χ0v) is 13.5. The highest BCUT2D eigenvalue weighted by molar-refractivity contribution is 5.78. The minimum Gasteiger partial charge on any atom is -0.481 e. The van der Waals surface area contributed by atoms with Crippen molar-refractivity contribution < 1.29 is 19.7 Å². The Morgan fingerprint density at radius 1 is 0.917 bits per heavy atom. The molecule has 0 spiro atoms. The van der Waals surface area contributed by atoms with E-state index in [0.717, 1.165) is 25.0 Å². The molecule has 4 nitrogen and oxygen atoms in total. The van der Waals surface area contributed by atoms with E-state index < -0.39 is 17.5 Å². The molecule has 1 aliphatic rings. The first-order valence-corrected chi connectivity index (χ1v) is 8.36. The number of carboxylic acids is 1. The minimum absolute atomic E-state index is 0.534. The van der Waals surface area contributed by atoms with Crippen LogP contribution in [0.5, 0.6) is 11.5 Å². The number of hydrogen-bond acceptors (Lipinski definition) is 3. The van der Waals surface area contributed by atoms with Crippen LogP contribution in [0.25, 0.3) is 0 Å². The van der Waals surface area contributed by atoms with E-state index in [2.05, 4.69) is 0 Å². The maximum absolute atomic E-state index is 11.8. The predicted octanol–water partition coefficient (Wildman–Crippen LogP) is 4.34. The molecule has 1 atom stereocenters. The summed E-state index contributed by atoms with van der Waals surface area (Å²) < 4.78 is 5.73. The molecule has 0 amide bonds. The Bertz CT molecular complexity index is 673. The van der Waals surface area contributed by atoms with Crippen molar-refractivity contribution in [1.82, 2.24) is 0 Å². The van der Waals surface area contributed by atoms with Gasteiger partial charge in [-0.2, -0.15) is 0 Å². The molecule has 24 heavy (non-hydrogen) atoms. The Labute approximate surface area is 141 Å². The van der Waals surface area contributed by atoms with Gasteiger partial charge in [0.2, 0.25) is 0 Å². The number of para-hydroxylation sites is 1. The van der Waals surface area contributed by atoms with Crippen molar-refractivity contribution in [2.75, 3.05) is 0 Å². The molecule has 4 heteroatoms. The molecule has 126 valence electrons. The van der Waals surface area contributed by atoms with Crippen molar-refractivity contribution in [3.8, 4) is 11.5 Å². The normalized spacial score (nSPS) is 17.9. The highest BCUT2D eigenvalue weighted by Gasteiger charge is 2.43. The molecule has 3 rings (SSSR count). The maximum Gasteiger partial charge on any atom is 0.313 e. The van der Waals surface area contributed by atoms with Crippen LogP contribution in [0.3, 0.4) is 0 Å². The van der Waals surface area contributed by atoms with E-state index in [1.165, 1.54) is 0 Å². The van der Waals surface area contributed by atoms with Crippen LogP contribution >= 0.6 is 0 Å². The second-order valence-corrected chi connectivity index (χ2v) is 6.42. The van der Waals surface area contributed by atoms with Crippen molar-refractivity contribution in [3.63, 3.8) is 0 Å². The van der Waals surface area contributed by atoms with Crippen LogP contribution in [-0.2, 0) is 4.79 Å². The number of carboxylic acid groups (broad SMARTS) is 1. The molecule has 0 saturated heterocycles. The summed E-state index contributed by atoms with van der Waals surface area (Å²) >= 11 is 0. The fourth-order valence-electron chi connectivity index (χ4n) is 3.49. The van der Waals surface area contributed by atoms with E-state index in [-0.39, 0.29) is 0 Å². The van der Waals surface area contributed by atoms with Gasteiger partial charge in [-0.15, -0.1) is 0 Å². The molecule has 0 aromatic heterocycles. The summed E-state index contributed by atoms with van der Waals surface area (Å²) in [5, 5.41) is 20.5. The third-order valence-electron chi connectivity index (χ3n) is 4.70. The zero-order valence-electron chi connectivity index (χ0n) is 13.5. The van der Waals surface area contributed by atoms with Gasteiger partial charge in [0.15, 0.2) is 0 Å². The molecule has 1 fully saturated rings. The second-order valence-electron chi connectivity index (χ2n) is 6.42. The smallest absolute Gasteiger partial charge is 0.313 e. The molecule has 0 radical (unpaired) electrons. The van der Waals surface area contributed by atoms with Gasteiger partial charge in [-0.05, 0) is 42.7 Å². The van der Waals surface area contributed by atoms with Crippen molar-refractivity contribution in [3.05, 3.63) is 60.2 Å². The van der Waals surface area contributed by atoms with Gasteiger partial charge in [0.1, 0.15) is 17.4 Å². The van der Waals surface area contributed by atoms with Crippen LogP contribution < -0.4 is 4.74 Å². The summed E-state index contributed by atoms with van der Waals surface area (Å²) in [4.78, 5) is 11.8. The standard InChI is InChI=1S/C20H22O4/c21-19(22)18(20(23)13-5-2-6-14-20)15-9-11-17(12-10-15)24-16-7-3-1-4-8-16/h1,3-4,7-12,18,23H,2,5-6,13-14H2,(H,21,22). The molecular weight excluding hydrogens is 304 g/mol. The molecule has 2 aromatic rings. The summed E-state index contributed by atoms with van der Waals surface area (Å²) in [5.74, 6) is -0.504. The number of hydrogen-bond donors (Lipinski definition) is 2. The number of rotatable bonds is 5. The van der Waals surface area contributed by atoms with Crippen molar-refractivity contribution in [2.45, 2.75) is 43.6 Å². The molecular formula is C20H22O4. The molecule has 2 aromatic carbocycles. The lowest BCUT2D eigenvalue weighted by molar-refractivity contribution is -0.147. The van der Waals surface area contributed by atoms with Gasteiger partial charge in [-0.1, -0.05) is 49.6 Å². The molecule has 0 aliphatic heterocycles. The number of ether oxygens (including phenoxy) is 1. The van der Waals surface area contributed by atoms with E-state index >= 15 is 0 Å². The number of aliphatic hydroxyl groups is 1. The molecule has 2 N–H and O–H groups in total. The van der Waals surface area contributed by atoms with E-state index in [0.29, 0.717) is 24.2 Å². The molecule has 1 aliphatic carbocycles. The van der Waals surface area contributed by atoms with E-state index in [4.69, 9.17) is 4.74 Å². The molecule has 0 heterocycles. The lowest BCUT2D eigenvalue weighted by Gasteiger charge is -2.37. The Hall–Kier alpha value is -2.33.